The van der Waals surface area contributed by atoms with Crippen LogP contribution in [0.3, 0.4) is 0 Å². The molecule has 0 aliphatic rings. The van der Waals surface area contributed by atoms with Gasteiger partial charge in [-0.05, 0) is 50.1 Å². The van der Waals surface area contributed by atoms with Crippen LogP contribution in [-0.4, -0.2) is 14.2 Å². The normalized spacial score (nSPS) is 12.2. The largest absolute Gasteiger partial charge is 0.496 e. The van der Waals surface area contributed by atoms with Gasteiger partial charge in [0.15, 0.2) is 0 Å². The number of hydrogen-bond acceptors (Lipinski definition) is 5. The highest BCUT2D eigenvalue weighted by Gasteiger charge is 2.24. The van der Waals surface area contributed by atoms with E-state index in [9.17, 15) is 0 Å². The lowest BCUT2D eigenvalue weighted by atomic mass is 10.0. The van der Waals surface area contributed by atoms with Gasteiger partial charge in [0.1, 0.15) is 11.5 Å². The summed E-state index contributed by atoms with van der Waals surface area (Å²) in [5, 5.41) is 0. The average Bonchev–Trinajstić information content (AvgIpc) is 2.79. The van der Waals surface area contributed by atoms with Crippen molar-refractivity contribution in [2.75, 3.05) is 14.2 Å². The number of hydrogen-bond donors (Lipinski definition) is 2. The van der Waals surface area contributed by atoms with E-state index in [4.69, 9.17) is 15.3 Å². The van der Waals surface area contributed by atoms with E-state index < -0.39 is 0 Å². The number of rotatable bonds is 5. The molecule has 0 bridgehead atoms. The molecule has 0 aliphatic carbocycles. The number of halogens is 2. The Morgan fingerprint density at radius 1 is 1.20 bits per heavy atom. The zero-order valence-electron chi connectivity index (χ0n) is 10.9. The van der Waals surface area contributed by atoms with Crippen molar-refractivity contribution in [2.45, 2.75) is 6.04 Å². The minimum Gasteiger partial charge on any atom is -0.496 e. The SMILES string of the molecule is COc1cccc(OC)c1C(NN)c1cc(Br)c(Br)s1. The maximum Gasteiger partial charge on any atom is 0.127 e. The van der Waals surface area contributed by atoms with Crippen molar-refractivity contribution in [1.29, 1.82) is 0 Å². The maximum atomic E-state index is 5.76. The van der Waals surface area contributed by atoms with Gasteiger partial charge in [-0.3, -0.25) is 5.84 Å². The summed E-state index contributed by atoms with van der Waals surface area (Å²) in [5.41, 5.74) is 3.71. The summed E-state index contributed by atoms with van der Waals surface area (Å²) < 4.78 is 12.9. The Kier molecular flexibility index (Phi) is 5.45. The van der Waals surface area contributed by atoms with E-state index >= 15 is 0 Å². The Balaban J connectivity index is 2.56. The van der Waals surface area contributed by atoms with Crippen molar-refractivity contribution < 1.29 is 9.47 Å². The molecule has 0 spiro atoms. The molecule has 0 fully saturated rings. The first kappa shape index (κ1) is 15.8. The predicted octanol–water partition coefficient (Wildman–Crippen LogP) is 3.84. The van der Waals surface area contributed by atoms with Gasteiger partial charge in [-0.2, -0.15) is 0 Å². The predicted molar refractivity (Wildman–Crippen MR) is 88.4 cm³/mol. The Hall–Kier alpha value is -0.600. The number of nitrogens with two attached hydrogens (primary N) is 1. The lowest BCUT2D eigenvalue weighted by Gasteiger charge is -2.20. The summed E-state index contributed by atoms with van der Waals surface area (Å²) in [6.45, 7) is 0. The summed E-state index contributed by atoms with van der Waals surface area (Å²) in [6.07, 6.45) is 0. The Bertz CT molecular complexity index is 562. The third-order valence-corrected chi connectivity index (χ3v) is 6.19. The van der Waals surface area contributed by atoms with Gasteiger partial charge in [0.05, 0.1) is 29.6 Å². The molecule has 1 atom stereocenters. The minimum atomic E-state index is -0.214. The topological polar surface area (TPSA) is 56.5 Å². The standard InChI is InChI=1S/C13H14Br2N2O2S/c1-18-8-4-3-5-9(19-2)11(8)12(17-16)10-6-7(14)13(15)20-10/h3-6,12,17H,16H2,1-2H3. The molecule has 0 saturated carbocycles. The third kappa shape index (κ3) is 3.01. The van der Waals surface area contributed by atoms with Gasteiger partial charge in [0, 0.05) is 9.35 Å². The Labute approximate surface area is 138 Å². The van der Waals surface area contributed by atoms with Crippen LogP contribution in [0.1, 0.15) is 16.5 Å². The summed E-state index contributed by atoms with van der Waals surface area (Å²) >= 11 is 8.58. The van der Waals surface area contributed by atoms with Crippen LogP contribution in [-0.2, 0) is 0 Å². The van der Waals surface area contributed by atoms with E-state index in [1.54, 1.807) is 25.6 Å². The Morgan fingerprint density at radius 2 is 1.80 bits per heavy atom. The fourth-order valence-corrected chi connectivity index (χ4v) is 4.14. The van der Waals surface area contributed by atoms with Crippen LogP contribution >= 0.6 is 43.2 Å². The van der Waals surface area contributed by atoms with Crippen LogP contribution in [0.25, 0.3) is 0 Å². The molecule has 1 heterocycles. The molecule has 2 aromatic rings. The first-order chi connectivity index (χ1) is 9.62. The molecule has 1 unspecified atom stereocenters. The second-order valence-corrected chi connectivity index (χ2v) is 7.20. The highest BCUT2D eigenvalue weighted by molar-refractivity contribution is 9.13. The third-order valence-electron chi connectivity index (χ3n) is 2.87. The smallest absolute Gasteiger partial charge is 0.127 e. The first-order valence-corrected chi connectivity index (χ1v) is 8.14. The van der Waals surface area contributed by atoms with Crippen LogP contribution in [0.2, 0.25) is 0 Å². The number of benzene rings is 1. The number of nitrogens with one attached hydrogen (secondary N) is 1. The minimum absolute atomic E-state index is 0.214. The molecule has 108 valence electrons. The molecule has 2 rings (SSSR count). The van der Waals surface area contributed by atoms with E-state index in [0.717, 1.165) is 30.2 Å². The molecule has 0 radical (unpaired) electrons. The molecular weight excluding hydrogens is 408 g/mol. The van der Waals surface area contributed by atoms with Crippen LogP contribution in [0.4, 0.5) is 0 Å². The summed E-state index contributed by atoms with van der Waals surface area (Å²) in [5.74, 6) is 7.22. The molecular formula is C13H14Br2N2O2S. The van der Waals surface area contributed by atoms with Crippen molar-refractivity contribution >= 4 is 43.2 Å². The first-order valence-electron chi connectivity index (χ1n) is 5.74. The van der Waals surface area contributed by atoms with Crippen LogP contribution in [0, 0.1) is 0 Å². The van der Waals surface area contributed by atoms with Gasteiger partial charge in [0.2, 0.25) is 0 Å². The molecule has 1 aromatic carbocycles. The van der Waals surface area contributed by atoms with Crippen molar-refractivity contribution in [2.24, 2.45) is 5.84 Å². The second kappa shape index (κ2) is 6.91. The highest BCUT2D eigenvalue weighted by atomic mass is 79.9. The van der Waals surface area contributed by atoms with E-state index in [-0.39, 0.29) is 6.04 Å². The molecule has 0 aliphatic heterocycles. The van der Waals surface area contributed by atoms with Crippen LogP contribution < -0.4 is 20.7 Å². The molecule has 1 aromatic heterocycles. The lowest BCUT2D eigenvalue weighted by Crippen LogP contribution is -2.29. The molecule has 20 heavy (non-hydrogen) atoms. The van der Waals surface area contributed by atoms with Crippen LogP contribution in [0.5, 0.6) is 11.5 Å². The average molecular weight is 422 g/mol. The molecule has 3 N–H and O–H groups in total. The number of ether oxygens (including phenoxy) is 2. The van der Waals surface area contributed by atoms with Gasteiger partial charge in [-0.1, -0.05) is 6.07 Å². The highest BCUT2D eigenvalue weighted by Crippen LogP contribution is 2.42. The zero-order chi connectivity index (χ0) is 14.7. The van der Waals surface area contributed by atoms with Gasteiger partial charge in [-0.15, -0.1) is 11.3 Å². The van der Waals surface area contributed by atoms with Crippen LogP contribution in [0.15, 0.2) is 32.5 Å². The fourth-order valence-electron chi connectivity index (χ4n) is 1.98. The van der Waals surface area contributed by atoms with Crippen molar-refractivity contribution in [3.05, 3.63) is 43.0 Å². The van der Waals surface area contributed by atoms with E-state index in [2.05, 4.69) is 37.3 Å². The zero-order valence-corrected chi connectivity index (χ0v) is 14.9. The number of methoxy groups -OCH3 is 2. The molecule has 4 nitrogen and oxygen atoms in total. The monoisotopic (exact) mass is 420 g/mol. The van der Waals surface area contributed by atoms with Crippen molar-refractivity contribution in [1.82, 2.24) is 5.43 Å². The quantitative estimate of drug-likeness (QED) is 0.568. The lowest BCUT2D eigenvalue weighted by molar-refractivity contribution is 0.377. The van der Waals surface area contributed by atoms with Gasteiger partial charge < -0.3 is 9.47 Å². The fraction of sp³-hybridized carbons (Fsp3) is 0.231. The number of hydrazine groups is 1. The number of thiophene rings is 1. The second-order valence-electron chi connectivity index (χ2n) is 3.95. The van der Waals surface area contributed by atoms with Gasteiger partial charge >= 0.3 is 0 Å². The molecule has 7 heteroatoms. The maximum absolute atomic E-state index is 5.76. The van der Waals surface area contributed by atoms with Crippen molar-refractivity contribution in [3.8, 4) is 11.5 Å². The van der Waals surface area contributed by atoms with Gasteiger partial charge in [0.25, 0.3) is 0 Å². The molecule has 0 amide bonds. The summed E-state index contributed by atoms with van der Waals surface area (Å²) in [6, 6.07) is 7.47. The van der Waals surface area contributed by atoms with E-state index in [0.29, 0.717) is 0 Å². The summed E-state index contributed by atoms with van der Waals surface area (Å²) in [4.78, 5) is 1.05. The summed E-state index contributed by atoms with van der Waals surface area (Å²) in [7, 11) is 3.26. The molecule has 0 saturated heterocycles. The van der Waals surface area contributed by atoms with E-state index in [1.807, 2.05) is 24.3 Å². The Morgan fingerprint density at radius 3 is 2.20 bits per heavy atom. The van der Waals surface area contributed by atoms with Gasteiger partial charge in [-0.25, -0.2) is 5.43 Å². The van der Waals surface area contributed by atoms with Crippen molar-refractivity contribution in [3.63, 3.8) is 0 Å². The van der Waals surface area contributed by atoms with E-state index in [1.165, 1.54) is 0 Å².